The van der Waals surface area contributed by atoms with E-state index in [1.807, 2.05) is 42.5 Å². The van der Waals surface area contributed by atoms with Crippen LogP contribution in [0.5, 0.6) is 0 Å². The van der Waals surface area contributed by atoms with E-state index in [4.69, 9.17) is 11.5 Å². The summed E-state index contributed by atoms with van der Waals surface area (Å²) in [5.41, 5.74) is 12.5. The van der Waals surface area contributed by atoms with Gasteiger partial charge >= 0.3 is 0 Å². The highest BCUT2D eigenvalue weighted by atomic mass is 32.2. The van der Waals surface area contributed by atoms with Gasteiger partial charge in [-0.1, -0.05) is 36.0 Å². The lowest BCUT2D eigenvalue weighted by molar-refractivity contribution is 1.27. The second-order valence-corrected chi connectivity index (χ2v) is 5.33. The monoisotopic (exact) mass is 267 g/mol. The molecule has 0 atom stereocenters. The summed E-state index contributed by atoms with van der Waals surface area (Å²) in [5, 5.41) is 2.23. The highest BCUT2D eigenvalue weighted by Gasteiger charge is 2.05. The molecule has 0 radical (unpaired) electrons. The SMILES string of the molecule is Nc1cc(Sc2ccc(N)c3ccccc23)ccn1. The number of fused-ring (bicyclic) bond motifs is 1. The lowest BCUT2D eigenvalue weighted by Gasteiger charge is -2.08. The smallest absolute Gasteiger partial charge is 0.124 e. The van der Waals surface area contributed by atoms with Crippen LogP contribution in [0.15, 0.2) is 64.5 Å². The molecule has 19 heavy (non-hydrogen) atoms. The van der Waals surface area contributed by atoms with Gasteiger partial charge in [0.1, 0.15) is 5.82 Å². The Morgan fingerprint density at radius 1 is 0.895 bits per heavy atom. The molecule has 0 aliphatic rings. The van der Waals surface area contributed by atoms with Crippen molar-refractivity contribution in [2.45, 2.75) is 9.79 Å². The van der Waals surface area contributed by atoms with Crippen molar-refractivity contribution in [1.82, 2.24) is 4.98 Å². The second kappa shape index (κ2) is 4.82. The molecule has 0 fully saturated rings. The first-order valence-electron chi connectivity index (χ1n) is 5.90. The van der Waals surface area contributed by atoms with E-state index in [1.54, 1.807) is 18.0 Å². The molecule has 1 heterocycles. The molecule has 3 nitrogen and oxygen atoms in total. The molecule has 3 rings (SSSR count). The summed E-state index contributed by atoms with van der Waals surface area (Å²) in [6, 6.07) is 15.9. The number of hydrogen-bond donors (Lipinski definition) is 2. The molecule has 0 saturated heterocycles. The van der Waals surface area contributed by atoms with Crippen molar-refractivity contribution >= 4 is 34.0 Å². The molecule has 2 aromatic carbocycles. The van der Waals surface area contributed by atoms with Crippen molar-refractivity contribution in [3.63, 3.8) is 0 Å². The molecule has 94 valence electrons. The first-order valence-corrected chi connectivity index (χ1v) is 6.72. The third-order valence-electron chi connectivity index (χ3n) is 2.90. The van der Waals surface area contributed by atoms with Gasteiger partial charge in [0.2, 0.25) is 0 Å². The van der Waals surface area contributed by atoms with Crippen LogP contribution in [0.1, 0.15) is 0 Å². The van der Waals surface area contributed by atoms with Crippen molar-refractivity contribution in [3.05, 3.63) is 54.7 Å². The zero-order valence-electron chi connectivity index (χ0n) is 10.2. The normalized spacial score (nSPS) is 10.7. The Morgan fingerprint density at radius 3 is 2.47 bits per heavy atom. The number of pyridine rings is 1. The highest BCUT2D eigenvalue weighted by molar-refractivity contribution is 7.99. The number of benzene rings is 2. The number of rotatable bonds is 2. The van der Waals surface area contributed by atoms with Gasteiger partial charge in [-0.2, -0.15) is 0 Å². The van der Waals surface area contributed by atoms with Crippen LogP contribution in [0.3, 0.4) is 0 Å². The number of nitrogens with two attached hydrogens (primary N) is 2. The first-order chi connectivity index (χ1) is 9.24. The zero-order valence-corrected chi connectivity index (χ0v) is 11.0. The standard InChI is InChI=1S/C15H13N3S/c16-13-5-6-14(12-4-2-1-3-11(12)13)19-10-7-8-18-15(17)9-10/h1-9H,16H2,(H2,17,18). The van der Waals surface area contributed by atoms with Gasteiger partial charge in [0.15, 0.2) is 0 Å². The molecule has 0 amide bonds. The molecular weight excluding hydrogens is 254 g/mol. The average molecular weight is 267 g/mol. The number of aromatic nitrogens is 1. The quantitative estimate of drug-likeness (QED) is 0.697. The molecule has 0 bridgehead atoms. The third kappa shape index (κ3) is 2.35. The van der Waals surface area contributed by atoms with Crippen molar-refractivity contribution in [3.8, 4) is 0 Å². The fraction of sp³-hybridized carbons (Fsp3) is 0. The first kappa shape index (κ1) is 11.9. The van der Waals surface area contributed by atoms with Gasteiger partial charge in [-0.3, -0.25) is 0 Å². The Balaban J connectivity index is 2.09. The van der Waals surface area contributed by atoms with Crippen LogP contribution in [-0.2, 0) is 0 Å². The van der Waals surface area contributed by atoms with E-state index >= 15 is 0 Å². The lowest BCUT2D eigenvalue weighted by atomic mass is 10.1. The fourth-order valence-electron chi connectivity index (χ4n) is 2.00. The highest BCUT2D eigenvalue weighted by Crippen LogP contribution is 2.35. The van der Waals surface area contributed by atoms with E-state index in [-0.39, 0.29) is 0 Å². The molecule has 1 aromatic heterocycles. The van der Waals surface area contributed by atoms with Gasteiger partial charge in [0, 0.05) is 27.1 Å². The van der Waals surface area contributed by atoms with E-state index in [9.17, 15) is 0 Å². The number of nitrogen functional groups attached to an aromatic ring is 2. The van der Waals surface area contributed by atoms with Crippen LogP contribution in [0.4, 0.5) is 11.5 Å². The Labute approximate surface area is 115 Å². The summed E-state index contributed by atoms with van der Waals surface area (Å²) in [6.45, 7) is 0. The maximum atomic E-state index is 6.00. The average Bonchev–Trinajstić information content (AvgIpc) is 2.42. The predicted molar refractivity (Wildman–Crippen MR) is 81.1 cm³/mol. The minimum Gasteiger partial charge on any atom is -0.398 e. The van der Waals surface area contributed by atoms with Crippen molar-refractivity contribution in [2.24, 2.45) is 0 Å². The molecule has 0 saturated carbocycles. The van der Waals surface area contributed by atoms with Crippen molar-refractivity contribution < 1.29 is 0 Å². The van der Waals surface area contributed by atoms with Gasteiger partial charge in [0.05, 0.1) is 0 Å². The third-order valence-corrected chi connectivity index (χ3v) is 3.96. The molecule has 4 heteroatoms. The molecule has 0 unspecified atom stereocenters. The second-order valence-electron chi connectivity index (χ2n) is 4.22. The lowest BCUT2D eigenvalue weighted by Crippen LogP contribution is -1.90. The van der Waals surface area contributed by atoms with Gasteiger partial charge in [0.25, 0.3) is 0 Å². The Morgan fingerprint density at radius 2 is 1.68 bits per heavy atom. The fourth-order valence-corrected chi connectivity index (χ4v) is 2.99. The van der Waals surface area contributed by atoms with Gasteiger partial charge in [-0.05, 0) is 29.7 Å². The predicted octanol–water partition coefficient (Wildman–Crippen LogP) is 3.55. The van der Waals surface area contributed by atoms with Crippen LogP contribution in [0, 0.1) is 0 Å². The topological polar surface area (TPSA) is 64.9 Å². The van der Waals surface area contributed by atoms with Crippen molar-refractivity contribution in [1.29, 1.82) is 0 Å². The number of hydrogen-bond acceptors (Lipinski definition) is 4. The minimum atomic E-state index is 0.532. The molecule has 3 aromatic rings. The summed E-state index contributed by atoms with van der Waals surface area (Å²) < 4.78 is 0. The number of nitrogens with zero attached hydrogens (tertiary/aromatic N) is 1. The Kier molecular flexibility index (Phi) is 3.01. The van der Waals surface area contributed by atoms with Crippen molar-refractivity contribution in [2.75, 3.05) is 11.5 Å². The van der Waals surface area contributed by atoms with E-state index in [0.29, 0.717) is 5.82 Å². The van der Waals surface area contributed by atoms with Gasteiger partial charge < -0.3 is 11.5 Å². The Hall–Kier alpha value is -2.20. The van der Waals surface area contributed by atoms with E-state index in [2.05, 4.69) is 11.1 Å². The summed E-state index contributed by atoms with van der Waals surface area (Å²) >= 11 is 1.66. The summed E-state index contributed by atoms with van der Waals surface area (Å²) in [7, 11) is 0. The minimum absolute atomic E-state index is 0.532. The van der Waals surface area contributed by atoms with E-state index in [0.717, 1.165) is 26.3 Å². The molecule has 0 spiro atoms. The summed E-state index contributed by atoms with van der Waals surface area (Å²) in [6.07, 6.45) is 1.72. The van der Waals surface area contributed by atoms with Crippen LogP contribution in [0.25, 0.3) is 10.8 Å². The maximum Gasteiger partial charge on any atom is 0.124 e. The Bertz CT molecular complexity index is 740. The van der Waals surface area contributed by atoms with Crippen LogP contribution < -0.4 is 11.5 Å². The van der Waals surface area contributed by atoms with Crippen LogP contribution in [0.2, 0.25) is 0 Å². The van der Waals surface area contributed by atoms with Gasteiger partial charge in [-0.15, -0.1) is 0 Å². The summed E-state index contributed by atoms with van der Waals surface area (Å²) in [4.78, 5) is 6.24. The van der Waals surface area contributed by atoms with Gasteiger partial charge in [-0.25, -0.2) is 4.98 Å². The van der Waals surface area contributed by atoms with Crippen LogP contribution in [-0.4, -0.2) is 4.98 Å². The summed E-state index contributed by atoms with van der Waals surface area (Å²) in [5.74, 6) is 0.532. The maximum absolute atomic E-state index is 6.00. The van der Waals surface area contributed by atoms with Crippen LogP contribution >= 0.6 is 11.8 Å². The largest absolute Gasteiger partial charge is 0.398 e. The molecule has 0 aliphatic carbocycles. The zero-order chi connectivity index (χ0) is 13.2. The number of anilines is 2. The molecule has 4 N–H and O–H groups in total. The molecular formula is C15H13N3S. The van der Waals surface area contributed by atoms with E-state index in [1.165, 1.54) is 0 Å². The van der Waals surface area contributed by atoms with E-state index < -0.39 is 0 Å². The molecule has 0 aliphatic heterocycles.